The molecule has 1 amide bonds. The Hall–Kier alpha value is -1.01. The van der Waals surface area contributed by atoms with Crippen molar-refractivity contribution in [2.75, 3.05) is 7.11 Å². The zero-order valence-electron chi connectivity index (χ0n) is 5.90. The van der Waals surface area contributed by atoms with E-state index in [-0.39, 0.29) is 5.01 Å². The first-order valence-electron chi connectivity index (χ1n) is 2.85. The molecule has 1 rings (SSSR count). The second-order valence-corrected chi connectivity index (χ2v) is 2.86. The molecule has 0 aliphatic heterocycles. The molecule has 0 unspecified atom stereocenters. The number of carbonyl (C=O) groups excluding carboxylic acids is 1. The summed E-state index contributed by atoms with van der Waals surface area (Å²) in [6, 6.07) is 0. The molecule has 0 aliphatic rings. The Bertz CT molecular complexity index is 260. The summed E-state index contributed by atoms with van der Waals surface area (Å²) in [5.74, 6) is -0.551. The predicted molar refractivity (Wildman–Crippen MR) is 39.1 cm³/mol. The molecule has 0 aromatic carbocycles. The molecular formula is C5H7N3O2S. The van der Waals surface area contributed by atoms with Gasteiger partial charge in [-0.25, -0.2) is 0 Å². The first-order chi connectivity index (χ1) is 5.24. The third-order valence-electron chi connectivity index (χ3n) is 0.945. The maximum atomic E-state index is 10.5. The molecule has 2 N–H and O–H groups in total. The molecule has 0 aliphatic carbocycles. The molecule has 6 heteroatoms. The molecule has 1 aromatic rings. The highest BCUT2D eigenvalue weighted by atomic mass is 32.1. The second-order valence-electron chi connectivity index (χ2n) is 1.80. The van der Waals surface area contributed by atoms with E-state index >= 15 is 0 Å². The van der Waals surface area contributed by atoms with Gasteiger partial charge in [-0.05, 0) is 0 Å². The van der Waals surface area contributed by atoms with Gasteiger partial charge in [-0.15, -0.1) is 10.2 Å². The van der Waals surface area contributed by atoms with Crippen LogP contribution in [0, 0.1) is 0 Å². The maximum Gasteiger partial charge on any atom is 0.279 e. The number of methoxy groups -OCH3 is 1. The molecule has 0 radical (unpaired) electrons. The lowest BCUT2D eigenvalue weighted by atomic mass is 10.7. The Balaban J connectivity index is 2.73. The Labute approximate surface area is 67.2 Å². The third kappa shape index (κ3) is 1.95. The SMILES string of the molecule is COCc1nnc(C(N)=O)s1. The maximum absolute atomic E-state index is 10.5. The van der Waals surface area contributed by atoms with Crippen LogP contribution in [0.2, 0.25) is 0 Å². The van der Waals surface area contributed by atoms with Crippen LogP contribution in [0.4, 0.5) is 0 Å². The summed E-state index contributed by atoms with van der Waals surface area (Å²) in [4.78, 5) is 10.5. The molecule has 0 spiro atoms. The smallest absolute Gasteiger partial charge is 0.279 e. The van der Waals surface area contributed by atoms with Crippen molar-refractivity contribution in [2.45, 2.75) is 6.61 Å². The summed E-state index contributed by atoms with van der Waals surface area (Å²) < 4.78 is 4.78. The van der Waals surface area contributed by atoms with Crippen LogP contribution in [0.3, 0.4) is 0 Å². The molecular weight excluding hydrogens is 166 g/mol. The van der Waals surface area contributed by atoms with Gasteiger partial charge >= 0.3 is 0 Å². The lowest BCUT2D eigenvalue weighted by molar-refractivity contribution is 0.0999. The molecule has 11 heavy (non-hydrogen) atoms. The van der Waals surface area contributed by atoms with Gasteiger partial charge in [0, 0.05) is 7.11 Å². The monoisotopic (exact) mass is 173 g/mol. The largest absolute Gasteiger partial charge is 0.377 e. The first-order valence-corrected chi connectivity index (χ1v) is 3.67. The summed E-state index contributed by atoms with van der Waals surface area (Å²) in [5, 5.41) is 8.09. The van der Waals surface area contributed by atoms with E-state index < -0.39 is 5.91 Å². The number of rotatable bonds is 3. The number of aromatic nitrogens is 2. The molecule has 0 fully saturated rings. The van der Waals surface area contributed by atoms with E-state index in [4.69, 9.17) is 10.5 Å². The van der Waals surface area contributed by atoms with Crippen molar-refractivity contribution in [2.24, 2.45) is 5.73 Å². The minimum Gasteiger partial charge on any atom is -0.377 e. The molecule has 0 atom stereocenters. The predicted octanol–water partition coefficient (Wildman–Crippen LogP) is -0.217. The van der Waals surface area contributed by atoms with Gasteiger partial charge in [0.25, 0.3) is 5.91 Å². The third-order valence-corrected chi connectivity index (χ3v) is 1.86. The van der Waals surface area contributed by atoms with Crippen molar-refractivity contribution in [3.8, 4) is 0 Å². The number of carbonyl (C=O) groups is 1. The molecule has 60 valence electrons. The van der Waals surface area contributed by atoms with Crippen molar-refractivity contribution < 1.29 is 9.53 Å². The summed E-state index contributed by atoms with van der Waals surface area (Å²) in [6.07, 6.45) is 0. The van der Waals surface area contributed by atoms with Crippen molar-refractivity contribution >= 4 is 17.2 Å². The molecule has 0 saturated carbocycles. The van der Waals surface area contributed by atoms with E-state index in [9.17, 15) is 4.79 Å². The standard InChI is InChI=1S/C5H7N3O2S/c1-10-2-3-7-8-5(11-3)4(6)9/h2H2,1H3,(H2,6,9). The number of ether oxygens (including phenoxy) is 1. The van der Waals surface area contributed by atoms with Crippen LogP contribution in [0.1, 0.15) is 14.8 Å². The average Bonchev–Trinajstić information content (AvgIpc) is 2.37. The fourth-order valence-electron chi connectivity index (χ4n) is 0.535. The van der Waals surface area contributed by atoms with Gasteiger partial charge in [-0.1, -0.05) is 11.3 Å². The van der Waals surface area contributed by atoms with Gasteiger partial charge < -0.3 is 10.5 Å². The van der Waals surface area contributed by atoms with Gasteiger partial charge in [-0.2, -0.15) is 0 Å². The number of hydrogen-bond donors (Lipinski definition) is 1. The van der Waals surface area contributed by atoms with Crippen molar-refractivity contribution in [1.29, 1.82) is 0 Å². The number of amides is 1. The highest BCUT2D eigenvalue weighted by Gasteiger charge is 2.07. The summed E-state index contributed by atoms with van der Waals surface area (Å²) >= 11 is 1.14. The van der Waals surface area contributed by atoms with Crippen molar-refractivity contribution in [3.05, 3.63) is 10.0 Å². The minimum atomic E-state index is -0.551. The topological polar surface area (TPSA) is 78.1 Å². The number of hydrogen-bond acceptors (Lipinski definition) is 5. The lowest BCUT2D eigenvalue weighted by Gasteiger charge is -1.86. The summed E-state index contributed by atoms with van der Waals surface area (Å²) in [7, 11) is 1.55. The number of nitrogens with zero attached hydrogens (tertiary/aromatic N) is 2. The van der Waals surface area contributed by atoms with E-state index in [0.29, 0.717) is 11.6 Å². The molecule has 1 heterocycles. The van der Waals surface area contributed by atoms with Crippen LogP contribution >= 0.6 is 11.3 Å². The number of nitrogens with two attached hydrogens (primary N) is 1. The van der Waals surface area contributed by atoms with E-state index in [0.717, 1.165) is 11.3 Å². The van der Waals surface area contributed by atoms with Gasteiger partial charge in [0.05, 0.1) is 6.61 Å². The zero-order valence-corrected chi connectivity index (χ0v) is 6.72. The average molecular weight is 173 g/mol. The van der Waals surface area contributed by atoms with Crippen LogP contribution in [-0.2, 0) is 11.3 Å². The molecule has 0 saturated heterocycles. The Kier molecular flexibility index (Phi) is 2.50. The van der Waals surface area contributed by atoms with Crippen LogP contribution in [0.25, 0.3) is 0 Å². The zero-order chi connectivity index (χ0) is 8.27. The Morgan fingerprint density at radius 1 is 1.73 bits per heavy atom. The molecule has 5 nitrogen and oxygen atoms in total. The minimum absolute atomic E-state index is 0.219. The second kappa shape index (κ2) is 3.40. The van der Waals surface area contributed by atoms with Crippen LogP contribution in [0.15, 0.2) is 0 Å². The lowest BCUT2D eigenvalue weighted by Crippen LogP contribution is -2.10. The first kappa shape index (κ1) is 8.09. The van der Waals surface area contributed by atoms with Crippen molar-refractivity contribution in [1.82, 2.24) is 10.2 Å². The highest BCUT2D eigenvalue weighted by molar-refractivity contribution is 7.13. The van der Waals surface area contributed by atoms with Gasteiger partial charge in [0.15, 0.2) is 0 Å². The van der Waals surface area contributed by atoms with Crippen molar-refractivity contribution in [3.63, 3.8) is 0 Å². The summed E-state index contributed by atoms with van der Waals surface area (Å²) in [6.45, 7) is 0.366. The van der Waals surface area contributed by atoms with Crippen LogP contribution in [0.5, 0.6) is 0 Å². The molecule has 0 bridgehead atoms. The Morgan fingerprint density at radius 3 is 2.91 bits per heavy atom. The Morgan fingerprint density at radius 2 is 2.45 bits per heavy atom. The summed E-state index contributed by atoms with van der Waals surface area (Å²) in [5.41, 5.74) is 4.95. The van der Waals surface area contributed by atoms with E-state index in [1.54, 1.807) is 7.11 Å². The van der Waals surface area contributed by atoms with E-state index in [1.165, 1.54) is 0 Å². The quantitative estimate of drug-likeness (QED) is 0.685. The van der Waals surface area contributed by atoms with Gasteiger partial charge in [0.1, 0.15) is 5.01 Å². The fraction of sp³-hybridized carbons (Fsp3) is 0.400. The van der Waals surface area contributed by atoms with Gasteiger partial charge in [0.2, 0.25) is 5.01 Å². The van der Waals surface area contributed by atoms with Crippen LogP contribution < -0.4 is 5.73 Å². The van der Waals surface area contributed by atoms with E-state index in [1.807, 2.05) is 0 Å². The fourth-order valence-corrected chi connectivity index (χ4v) is 1.20. The normalized spacial score (nSPS) is 9.91. The highest BCUT2D eigenvalue weighted by Crippen LogP contribution is 2.08. The van der Waals surface area contributed by atoms with Crippen LogP contribution in [-0.4, -0.2) is 23.2 Å². The van der Waals surface area contributed by atoms with E-state index in [2.05, 4.69) is 10.2 Å². The van der Waals surface area contributed by atoms with Gasteiger partial charge in [-0.3, -0.25) is 4.79 Å². The molecule has 1 aromatic heterocycles. The number of primary amides is 1.